The molecule has 33 heavy (non-hydrogen) atoms. The molecule has 0 aliphatic carbocycles. The predicted octanol–water partition coefficient (Wildman–Crippen LogP) is 3.57. The van der Waals surface area contributed by atoms with E-state index in [1.807, 2.05) is 0 Å². The van der Waals surface area contributed by atoms with E-state index < -0.39 is 23.7 Å². The maximum Gasteiger partial charge on any atom is 0.319 e. The fraction of sp³-hybridized carbons (Fsp3) is 0.217. The number of halogens is 1. The van der Waals surface area contributed by atoms with E-state index >= 15 is 0 Å². The van der Waals surface area contributed by atoms with Crippen LogP contribution in [0.3, 0.4) is 0 Å². The number of esters is 1. The highest BCUT2D eigenvalue weighted by molar-refractivity contribution is 9.10. The lowest BCUT2D eigenvalue weighted by molar-refractivity contribution is -0.150. The second kappa shape index (κ2) is 11.0. The molecule has 2 amide bonds. The van der Waals surface area contributed by atoms with Crippen molar-refractivity contribution in [1.82, 2.24) is 5.32 Å². The van der Waals surface area contributed by atoms with E-state index in [1.165, 1.54) is 14.2 Å². The van der Waals surface area contributed by atoms with Crippen LogP contribution in [0, 0.1) is 17.2 Å². The van der Waals surface area contributed by atoms with Gasteiger partial charge in [0.1, 0.15) is 11.7 Å². The SMILES string of the molecule is COC(=O)[C@@H]1C(=O)NC(SCC(=O)Nc2cccc(OC)c2)=C(C#N)[C@@H]1c1cccc(Br)c1. The minimum Gasteiger partial charge on any atom is -0.497 e. The Morgan fingerprint density at radius 3 is 2.64 bits per heavy atom. The van der Waals surface area contributed by atoms with Crippen LogP contribution < -0.4 is 15.4 Å². The molecule has 2 N–H and O–H groups in total. The summed E-state index contributed by atoms with van der Waals surface area (Å²) in [6, 6.07) is 16.0. The fourth-order valence-electron chi connectivity index (χ4n) is 3.42. The summed E-state index contributed by atoms with van der Waals surface area (Å²) < 4.78 is 10.7. The molecule has 0 spiro atoms. The zero-order valence-corrected chi connectivity index (χ0v) is 20.2. The van der Waals surface area contributed by atoms with Crippen molar-refractivity contribution >= 4 is 51.2 Å². The first kappa shape index (κ1) is 24.4. The van der Waals surface area contributed by atoms with Gasteiger partial charge in [-0.25, -0.2) is 0 Å². The van der Waals surface area contributed by atoms with Crippen molar-refractivity contribution in [3.63, 3.8) is 0 Å². The van der Waals surface area contributed by atoms with Gasteiger partial charge in [0.2, 0.25) is 11.8 Å². The van der Waals surface area contributed by atoms with E-state index in [9.17, 15) is 19.6 Å². The summed E-state index contributed by atoms with van der Waals surface area (Å²) >= 11 is 4.40. The lowest BCUT2D eigenvalue weighted by Gasteiger charge is -2.31. The highest BCUT2D eigenvalue weighted by Crippen LogP contribution is 2.40. The number of amides is 2. The average molecular weight is 530 g/mol. The molecule has 2 atom stereocenters. The number of anilines is 1. The van der Waals surface area contributed by atoms with E-state index in [0.29, 0.717) is 17.0 Å². The molecule has 0 bridgehead atoms. The van der Waals surface area contributed by atoms with Crippen molar-refractivity contribution in [2.75, 3.05) is 25.3 Å². The Morgan fingerprint density at radius 2 is 1.97 bits per heavy atom. The van der Waals surface area contributed by atoms with Crippen LogP contribution in [0.2, 0.25) is 0 Å². The Labute approximate surface area is 203 Å². The summed E-state index contributed by atoms with van der Waals surface area (Å²) in [4.78, 5) is 37.7. The quantitative estimate of drug-likeness (QED) is 0.415. The monoisotopic (exact) mass is 529 g/mol. The van der Waals surface area contributed by atoms with Gasteiger partial charge in [-0.05, 0) is 29.8 Å². The maximum absolute atomic E-state index is 12.8. The van der Waals surface area contributed by atoms with Crippen LogP contribution in [0.15, 0.2) is 63.6 Å². The number of nitrogens with one attached hydrogen (secondary N) is 2. The highest BCUT2D eigenvalue weighted by Gasteiger charge is 2.44. The van der Waals surface area contributed by atoms with E-state index in [2.05, 4.69) is 32.6 Å². The molecule has 2 aromatic carbocycles. The Kier molecular flexibility index (Phi) is 8.14. The molecule has 1 aliphatic rings. The van der Waals surface area contributed by atoms with Gasteiger partial charge in [-0.1, -0.05) is 45.9 Å². The summed E-state index contributed by atoms with van der Waals surface area (Å²) in [6.07, 6.45) is 0. The van der Waals surface area contributed by atoms with E-state index in [1.54, 1.807) is 48.5 Å². The number of nitrogens with zero attached hydrogens (tertiary/aromatic N) is 1. The number of allylic oxidation sites excluding steroid dienone is 1. The molecule has 1 aliphatic heterocycles. The summed E-state index contributed by atoms with van der Waals surface area (Å²) in [5, 5.41) is 15.5. The van der Waals surface area contributed by atoms with Crippen LogP contribution in [-0.4, -0.2) is 37.8 Å². The fourth-order valence-corrected chi connectivity index (χ4v) is 4.68. The molecule has 0 fully saturated rings. The van der Waals surface area contributed by atoms with Gasteiger partial charge in [-0.2, -0.15) is 5.26 Å². The number of carbonyl (C=O) groups is 3. The number of hydrogen-bond donors (Lipinski definition) is 2. The van der Waals surface area contributed by atoms with Crippen molar-refractivity contribution in [2.24, 2.45) is 5.92 Å². The number of rotatable bonds is 7. The highest BCUT2D eigenvalue weighted by atomic mass is 79.9. The maximum atomic E-state index is 12.8. The van der Waals surface area contributed by atoms with Gasteiger partial charge in [-0.15, -0.1) is 0 Å². The molecule has 10 heteroatoms. The summed E-state index contributed by atoms with van der Waals surface area (Å²) in [5.41, 5.74) is 1.34. The zero-order valence-electron chi connectivity index (χ0n) is 17.8. The minimum absolute atomic E-state index is 0.0634. The molecule has 0 aromatic heterocycles. The van der Waals surface area contributed by atoms with Crippen LogP contribution in [0.5, 0.6) is 5.75 Å². The van der Waals surface area contributed by atoms with Crippen LogP contribution in [0.1, 0.15) is 11.5 Å². The lowest BCUT2D eigenvalue weighted by Crippen LogP contribution is -2.44. The summed E-state index contributed by atoms with van der Waals surface area (Å²) in [5.74, 6) is -3.22. The Hall–Kier alpha value is -3.29. The first-order valence-corrected chi connectivity index (χ1v) is 11.5. The molecular formula is C23H20BrN3O5S. The second-order valence-electron chi connectivity index (χ2n) is 6.95. The minimum atomic E-state index is -1.23. The number of methoxy groups -OCH3 is 2. The Bertz CT molecular complexity index is 1160. The normalized spacial score (nSPS) is 17.6. The predicted molar refractivity (Wildman–Crippen MR) is 127 cm³/mol. The van der Waals surface area contributed by atoms with Gasteiger partial charge < -0.3 is 20.1 Å². The van der Waals surface area contributed by atoms with Crippen LogP contribution in [-0.2, 0) is 19.1 Å². The topological polar surface area (TPSA) is 118 Å². The number of benzene rings is 2. The summed E-state index contributed by atoms with van der Waals surface area (Å²) in [6.45, 7) is 0. The number of thioether (sulfide) groups is 1. The van der Waals surface area contributed by atoms with Gasteiger partial charge in [0.25, 0.3) is 0 Å². The van der Waals surface area contributed by atoms with Crippen LogP contribution in [0.4, 0.5) is 5.69 Å². The number of ether oxygens (including phenoxy) is 2. The summed E-state index contributed by atoms with van der Waals surface area (Å²) in [7, 11) is 2.72. The van der Waals surface area contributed by atoms with Crippen LogP contribution in [0.25, 0.3) is 0 Å². The molecule has 170 valence electrons. The standard InChI is InChI=1S/C23H20BrN3O5S/c1-31-16-8-4-7-15(10-16)26-18(28)12-33-22-17(11-25)19(13-5-3-6-14(24)9-13)20(21(29)27-22)23(30)32-2/h3-10,19-20H,12H2,1-2H3,(H,26,28)(H,27,29)/t19-,20-/m0/s1. The van der Waals surface area contributed by atoms with E-state index in [-0.39, 0.29) is 22.3 Å². The molecule has 0 saturated carbocycles. The first-order valence-electron chi connectivity index (χ1n) is 9.73. The third kappa shape index (κ3) is 5.74. The van der Waals surface area contributed by atoms with Crippen molar-refractivity contribution in [3.8, 4) is 11.8 Å². The van der Waals surface area contributed by atoms with Gasteiger partial charge in [0.15, 0.2) is 0 Å². The van der Waals surface area contributed by atoms with Crippen molar-refractivity contribution in [1.29, 1.82) is 5.26 Å². The van der Waals surface area contributed by atoms with Crippen molar-refractivity contribution in [3.05, 3.63) is 69.2 Å². The molecule has 3 rings (SSSR count). The zero-order chi connectivity index (χ0) is 24.0. The van der Waals surface area contributed by atoms with Gasteiger partial charge in [0, 0.05) is 22.1 Å². The third-order valence-electron chi connectivity index (χ3n) is 4.89. The average Bonchev–Trinajstić information content (AvgIpc) is 2.81. The van der Waals surface area contributed by atoms with Crippen LogP contribution >= 0.6 is 27.7 Å². The third-order valence-corrected chi connectivity index (χ3v) is 6.40. The molecule has 0 radical (unpaired) electrons. The van der Waals surface area contributed by atoms with Crippen molar-refractivity contribution in [2.45, 2.75) is 5.92 Å². The largest absolute Gasteiger partial charge is 0.497 e. The molecule has 8 nitrogen and oxygen atoms in total. The van der Waals surface area contributed by atoms with Gasteiger partial charge in [-0.3, -0.25) is 14.4 Å². The second-order valence-corrected chi connectivity index (χ2v) is 8.85. The molecule has 0 saturated heterocycles. The lowest BCUT2D eigenvalue weighted by atomic mass is 9.78. The molecule has 2 aromatic rings. The Morgan fingerprint density at radius 1 is 1.21 bits per heavy atom. The van der Waals surface area contributed by atoms with Gasteiger partial charge in [0.05, 0.1) is 36.6 Å². The van der Waals surface area contributed by atoms with Gasteiger partial charge >= 0.3 is 5.97 Å². The number of nitriles is 1. The Balaban J connectivity index is 1.87. The molecule has 1 heterocycles. The van der Waals surface area contributed by atoms with E-state index in [4.69, 9.17) is 9.47 Å². The molecular weight excluding hydrogens is 510 g/mol. The first-order chi connectivity index (χ1) is 15.9. The van der Waals surface area contributed by atoms with Crippen molar-refractivity contribution < 1.29 is 23.9 Å². The van der Waals surface area contributed by atoms with E-state index in [0.717, 1.165) is 16.2 Å². The smallest absolute Gasteiger partial charge is 0.319 e. The number of hydrogen-bond acceptors (Lipinski definition) is 7. The number of carbonyl (C=O) groups excluding carboxylic acids is 3. The molecule has 0 unspecified atom stereocenters.